The second-order valence-electron chi connectivity index (χ2n) is 7.37. The van der Waals surface area contributed by atoms with Crippen LogP contribution in [0.1, 0.15) is 58.8 Å². The van der Waals surface area contributed by atoms with E-state index in [4.69, 9.17) is 7.85 Å². The number of rotatable bonds is 4. The zero-order valence-electron chi connectivity index (χ0n) is 12.7. The van der Waals surface area contributed by atoms with Gasteiger partial charge in [-0.1, -0.05) is 100 Å². The summed E-state index contributed by atoms with van der Waals surface area (Å²) in [5.41, 5.74) is 0.494. The van der Waals surface area contributed by atoms with Crippen LogP contribution in [0.25, 0.3) is 0 Å². The Morgan fingerprint density at radius 1 is 1.25 bits per heavy atom. The van der Waals surface area contributed by atoms with Crippen molar-refractivity contribution in [2.75, 3.05) is 4.43 Å². The highest BCUT2D eigenvalue weighted by Crippen LogP contribution is 2.62. The lowest BCUT2D eigenvalue weighted by Gasteiger charge is -2.58. The predicted molar refractivity (Wildman–Crippen MR) is 116 cm³/mol. The fraction of sp³-hybridized carbons (Fsp3) is 1.00. The molecule has 2 aliphatic rings. The summed E-state index contributed by atoms with van der Waals surface area (Å²) >= 11 is 7.90. The standard InChI is InChI=1S/C16H26BI3/c1-15-8-3-9-16(2,20)14(15)7-6-13(17)12(15)5-4-11(19)10-18/h11-14H,3-10H2,1-2H3. The molecule has 0 aromatic heterocycles. The Morgan fingerprint density at radius 2 is 1.95 bits per heavy atom. The van der Waals surface area contributed by atoms with Gasteiger partial charge in [0.25, 0.3) is 0 Å². The molecule has 0 aliphatic heterocycles. The molecule has 0 aromatic carbocycles. The number of alkyl halides is 3. The maximum absolute atomic E-state index is 6.58. The molecule has 0 saturated heterocycles. The van der Waals surface area contributed by atoms with E-state index in [-0.39, 0.29) is 0 Å². The van der Waals surface area contributed by atoms with Crippen molar-refractivity contribution < 1.29 is 0 Å². The zero-order valence-corrected chi connectivity index (χ0v) is 19.1. The molecule has 0 heterocycles. The Balaban J connectivity index is 2.15. The third kappa shape index (κ3) is 3.83. The molecule has 114 valence electrons. The summed E-state index contributed by atoms with van der Waals surface area (Å²) < 4.78 is 2.58. The molecule has 0 N–H and O–H groups in total. The highest BCUT2D eigenvalue weighted by molar-refractivity contribution is 14.1. The van der Waals surface area contributed by atoms with Crippen molar-refractivity contribution in [1.29, 1.82) is 0 Å². The van der Waals surface area contributed by atoms with Crippen LogP contribution in [0.15, 0.2) is 0 Å². The van der Waals surface area contributed by atoms with Crippen LogP contribution in [0, 0.1) is 17.3 Å². The predicted octanol–water partition coefficient (Wildman–Crippen LogP) is 6.37. The molecule has 2 aliphatic carbocycles. The highest BCUT2D eigenvalue weighted by atomic mass is 127. The van der Waals surface area contributed by atoms with Gasteiger partial charge in [0.15, 0.2) is 0 Å². The summed E-state index contributed by atoms with van der Waals surface area (Å²) in [5.74, 6) is 2.07. The normalized spacial score (nSPS) is 46.8. The topological polar surface area (TPSA) is 0 Å². The minimum absolute atomic E-state index is 0.444. The van der Waals surface area contributed by atoms with Gasteiger partial charge in [-0.2, -0.15) is 0 Å². The smallest absolute Gasteiger partial charge is 0.0703 e. The number of hydrogen-bond donors (Lipinski definition) is 0. The van der Waals surface area contributed by atoms with E-state index in [0.29, 0.717) is 14.7 Å². The molecule has 0 aromatic rings. The lowest BCUT2D eigenvalue weighted by molar-refractivity contribution is -0.0158. The molecule has 20 heavy (non-hydrogen) atoms. The Bertz CT molecular complexity index is 334. The van der Waals surface area contributed by atoms with E-state index in [1.807, 2.05) is 0 Å². The van der Waals surface area contributed by atoms with Crippen LogP contribution in [0.2, 0.25) is 5.82 Å². The summed E-state index contributed by atoms with van der Waals surface area (Å²) in [5, 5.41) is 0. The molecule has 2 saturated carbocycles. The fourth-order valence-corrected chi connectivity index (χ4v) is 7.16. The van der Waals surface area contributed by atoms with Crippen molar-refractivity contribution in [1.82, 2.24) is 0 Å². The molecule has 0 bridgehead atoms. The first-order chi connectivity index (χ1) is 9.31. The Morgan fingerprint density at radius 3 is 2.60 bits per heavy atom. The van der Waals surface area contributed by atoms with Gasteiger partial charge in [-0.25, -0.2) is 0 Å². The maximum atomic E-state index is 6.58. The molecule has 0 nitrogen and oxygen atoms in total. The van der Waals surface area contributed by atoms with Gasteiger partial charge in [-0.05, 0) is 49.4 Å². The maximum Gasteiger partial charge on any atom is 0.0703 e. The second kappa shape index (κ2) is 7.43. The average Bonchev–Trinajstić information content (AvgIpc) is 2.36. The van der Waals surface area contributed by atoms with Crippen LogP contribution < -0.4 is 0 Å². The minimum atomic E-state index is 0.444. The molecule has 2 radical (unpaired) electrons. The first-order valence-corrected chi connectivity index (χ1v) is 11.8. The largest absolute Gasteiger partial charge is 0.0852 e. The van der Waals surface area contributed by atoms with E-state index in [9.17, 15) is 0 Å². The van der Waals surface area contributed by atoms with Gasteiger partial charge in [0.05, 0.1) is 7.85 Å². The Kier molecular flexibility index (Phi) is 6.91. The molecular formula is C16H26BI3. The third-order valence-corrected chi connectivity index (χ3v) is 11.1. The van der Waals surface area contributed by atoms with Crippen molar-refractivity contribution in [3.8, 4) is 0 Å². The van der Waals surface area contributed by atoms with Crippen LogP contribution in [0.4, 0.5) is 0 Å². The van der Waals surface area contributed by atoms with Crippen molar-refractivity contribution in [3.63, 3.8) is 0 Å². The van der Waals surface area contributed by atoms with Gasteiger partial charge >= 0.3 is 0 Å². The van der Waals surface area contributed by atoms with Crippen LogP contribution in [0.3, 0.4) is 0 Å². The second-order valence-corrected chi connectivity index (χ2v) is 12.5. The summed E-state index contributed by atoms with van der Waals surface area (Å²) in [4.78, 5) is 0. The fourth-order valence-electron chi connectivity index (χ4n) is 4.96. The lowest BCUT2D eigenvalue weighted by atomic mass is 9.46. The van der Waals surface area contributed by atoms with Gasteiger partial charge in [0.2, 0.25) is 0 Å². The minimum Gasteiger partial charge on any atom is -0.0852 e. The van der Waals surface area contributed by atoms with E-state index in [0.717, 1.165) is 15.8 Å². The number of fused-ring (bicyclic) bond motifs is 1. The van der Waals surface area contributed by atoms with E-state index >= 15 is 0 Å². The van der Waals surface area contributed by atoms with Crippen LogP contribution in [-0.2, 0) is 0 Å². The van der Waals surface area contributed by atoms with Crippen molar-refractivity contribution >= 4 is 75.6 Å². The van der Waals surface area contributed by atoms with Gasteiger partial charge in [-0.3, -0.25) is 0 Å². The summed E-state index contributed by atoms with van der Waals surface area (Å²) in [6.45, 7) is 5.07. The van der Waals surface area contributed by atoms with Gasteiger partial charge in [0, 0.05) is 11.8 Å². The van der Waals surface area contributed by atoms with Gasteiger partial charge < -0.3 is 0 Å². The number of hydrogen-bond acceptors (Lipinski definition) is 0. The zero-order chi connectivity index (χ0) is 15.0. The average molecular weight is 610 g/mol. The van der Waals surface area contributed by atoms with E-state index in [1.54, 1.807) is 0 Å². The third-order valence-electron chi connectivity index (χ3n) is 6.01. The lowest BCUT2D eigenvalue weighted by Crippen LogP contribution is -2.52. The summed E-state index contributed by atoms with van der Waals surface area (Å²) in [6, 6.07) is 0. The molecule has 6 unspecified atom stereocenters. The Hall–Kier alpha value is 2.25. The first kappa shape index (κ1) is 18.6. The SMILES string of the molecule is [B]C1CCC2C(C)(I)CCCC2(C)C1CCC(I)CI. The van der Waals surface area contributed by atoms with E-state index in [2.05, 4.69) is 81.6 Å². The summed E-state index contributed by atoms with van der Waals surface area (Å²) in [6.07, 6.45) is 9.51. The first-order valence-electron chi connectivity index (χ1n) is 7.96. The van der Waals surface area contributed by atoms with E-state index in [1.165, 1.54) is 49.4 Å². The Labute approximate surface area is 167 Å². The molecular weight excluding hydrogens is 584 g/mol. The molecule has 0 amide bonds. The molecule has 2 fully saturated rings. The van der Waals surface area contributed by atoms with Crippen molar-refractivity contribution in [2.24, 2.45) is 17.3 Å². The van der Waals surface area contributed by atoms with Crippen molar-refractivity contribution in [3.05, 3.63) is 0 Å². The molecule has 2 rings (SSSR count). The van der Waals surface area contributed by atoms with Crippen LogP contribution in [0.5, 0.6) is 0 Å². The highest BCUT2D eigenvalue weighted by Gasteiger charge is 2.53. The quantitative estimate of drug-likeness (QED) is 0.197. The van der Waals surface area contributed by atoms with Crippen LogP contribution >= 0.6 is 67.8 Å². The summed E-state index contributed by atoms with van der Waals surface area (Å²) in [7, 11) is 6.58. The van der Waals surface area contributed by atoms with Gasteiger partial charge in [0.1, 0.15) is 0 Å². The van der Waals surface area contributed by atoms with E-state index < -0.39 is 0 Å². The molecule has 6 atom stereocenters. The van der Waals surface area contributed by atoms with Crippen LogP contribution in [-0.4, -0.2) is 19.6 Å². The molecule has 4 heteroatoms. The van der Waals surface area contributed by atoms with Gasteiger partial charge in [-0.15, -0.1) is 0 Å². The van der Waals surface area contributed by atoms with Crippen molar-refractivity contribution in [2.45, 2.75) is 72.0 Å². The molecule has 0 spiro atoms. The number of halogens is 3. The monoisotopic (exact) mass is 610 g/mol.